The summed E-state index contributed by atoms with van der Waals surface area (Å²) in [4.78, 5) is 17.7. The number of amides is 1. The molecule has 0 radical (unpaired) electrons. The van der Waals surface area contributed by atoms with E-state index in [2.05, 4.69) is 15.4 Å². The van der Waals surface area contributed by atoms with E-state index in [4.69, 9.17) is 4.74 Å². The highest BCUT2D eigenvalue weighted by Crippen LogP contribution is 2.30. The first kappa shape index (κ1) is 24.5. The quantitative estimate of drug-likeness (QED) is 0.279. The van der Waals surface area contributed by atoms with Gasteiger partial charge in [-0.1, -0.05) is 6.07 Å². The Kier molecular flexibility index (Phi) is 6.66. The van der Waals surface area contributed by atoms with E-state index in [-0.39, 0.29) is 5.82 Å². The molecule has 2 aromatic heterocycles. The van der Waals surface area contributed by atoms with Gasteiger partial charge >= 0.3 is 0 Å². The van der Waals surface area contributed by atoms with Crippen LogP contribution in [0.4, 0.5) is 13.2 Å². The molecule has 2 heterocycles. The smallest absolute Gasteiger partial charge is 0.280 e. The molecule has 1 amide bonds. The van der Waals surface area contributed by atoms with E-state index in [1.165, 1.54) is 29.5 Å². The van der Waals surface area contributed by atoms with Crippen LogP contribution in [0.1, 0.15) is 33.3 Å². The Labute approximate surface area is 214 Å². The molecule has 10 heteroatoms. The molecule has 0 aliphatic carbocycles. The second-order valence-corrected chi connectivity index (χ2v) is 9.74. The van der Waals surface area contributed by atoms with Gasteiger partial charge in [0.05, 0.1) is 23.4 Å². The van der Waals surface area contributed by atoms with Gasteiger partial charge in [0, 0.05) is 16.5 Å². The van der Waals surface area contributed by atoms with Crippen LogP contribution in [0.3, 0.4) is 0 Å². The summed E-state index contributed by atoms with van der Waals surface area (Å²) in [5, 5.41) is 8.29. The average Bonchev–Trinajstić information content (AvgIpc) is 3.51. The Balaban J connectivity index is 1.44. The molecule has 0 saturated heterocycles. The number of carbonyl (C=O) groups is 1. The second kappa shape index (κ2) is 10.1. The van der Waals surface area contributed by atoms with E-state index in [9.17, 15) is 18.0 Å². The van der Waals surface area contributed by atoms with Crippen molar-refractivity contribution in [1.82, 2.24) is 20.1 Å². The lowest BCUT2D eigenvalue weighted by Gasteiger charge is -2.26. The largest absolute Gasteiger partial charge is 0.484 e. The summed E-state index contributed by atoms with van der Waals surface area (Å²) in [6, 6.07) is 14.1. The Morgan fingerprint density at radius 3 is 2.49 bits per heavy atom. The number of benzene rings is 3. The third-order valence-electron chi connectivity index (χ3n) is 5.77. The topological polar surface area (TPSA) is 69.0 Å². The highest BCUT2D eigenvalue weighted by atomic mass is 32.1. The molecule has 0 unspecified atom stereocenters. The molecule has 6 nitrogen and oxygen atoms in total. The van der Waals surface area contributed by atoms with Gasteiger partial charge in [0.25, 0.3) is 5.91 Å². The number of aromatic nitrogens is 3. The number of aryl methyl sites for hydroxylation is 1. The fourth-order valence-corrected chi connectivity index (χ4v) is 4.64. The minimum Gasteiger partial charge on any atom is -0.484 e. The molecular formula is C27H21F3N4O2S. The Morgan fingerprint density at radius 2 is 1.78 bits per heavy atom. The van der Waals surface area contributed by atoms with Crippen molar-refractivity contribution < 1.29 is 22.7 Å². The number of thiazole rings is 1. The maximum Gasteiger partial charge on any atom is 0.280 e. The van der Waals surface area contributed by atoms with Crippen molar-refractivity contribution in [2.24, 2.45) is 0 Å². The van der Waals surface area contributed by atoms with Crippen LogP contribution in [0.25, 0.3) is 16.6 Å². The third kappa shape index (κ3) is 5.19. The summed E-state index contributed by atoms with van der Waals surface area (Å²) in [6.45, 7) is 3.56. The molecule has 3 aromatic carbocycles. The predicted molar refractivity (Wildman–Crippen MR) is 135 cm³/mol. The highest BCUT2D eigenvalue weighted by molar-refractivity contribution is 7.13. The first-order valence-corrected chi connectivity index (χ1v) is 12.2. The molecule has 0 spiro atoms. The van der Waals surface area contributed by atoms with E-state index in [1.807, 2.05) is 6.92 Å². The van der Waals surface area contributed by atoms with Crippen LogP contribution in [-0.4, -0.2) is 26.7 Å². The van der Waals surface area contributed by atoms with Gasteiger partial charge in [0.15, 0.2) is 16.6 Å². The Morgan fingerprint density at radius 1 is 1.00 bits per heavy atom. The van der Waals surface area contributed by atoms with Crippen LogP contribution in [-0.2, 0) is 0 Å². The van der Waals surface area contributed by atoms with E-state index < -0.39 is 29.7 Å². The first-order chi connectivity index (χ1) is 17.8. The molecule has 0 aliphatic heterocycles. The summed E-state index contributed by atoms with van der Waals surface area (Å²) in [5.74, 6) is -2.29. The number of nitrogens with one attached hydrogen (secondary N) is 1. The van der Waals surface area contributed by atoms with Gasteiger partial charge in [0.1, 0.15) is 17.7 Å². The molecule has 5 aromatic rings. The summed E-state index contributed by atoms with van der Waals surface area (Å²) in [7, 11) is 0. The van der Waals surface area contributed by atoms with Crippen molar-refractivity contribution in [2.75, 3.05) is 0 Å². The lowest BCUT2D eigenvalue weighted by atomic mass is 10.0. The van der Waals surface area contributed by atoms with Crippen molar-refractivity contribution in [1.29, 1.82) is 0 Å². The van der Waals surface area contributed by atoms with Gasteiger partial charge in [-0.2, -0.15) is 5.10 Å². The molecular weight excluding hydrogens is 501 g/mol. The zero-order valence-corrected chi connectivity index (χ0v) is 20.6. The molecule has 0 bridgehead atoms. The fourth-order valence-electron chi connectivity index (χ4n) is 3.97. The Bertz CT molecular complexity index is 1580. The average molecular weight is 523 g/mol. The summed E-state index contributed by atoms with van der Waals surface area (Å²) < 4.78 is 49.0. The molecule has 0 saturated carbocycles. The zero-order chi connectivity index (χ0) is 26.1. The summed E-state index contributed by atoms with van der Waals surface area (Å²) in [5.41, 5.74) is 1.81. The number of nitrogens with zero attached hydrogens (tertiary/aromatic N) is 3. The lowest BCUT2D eigenvalue weighted by Crippen LogP contribution is -2.39. The maximum atomic E-state index is 14.1. The van der Waals surface area contributed by atoms with Crippen LogP contribution in [0, 0.1) is 24.4 Å². The monoisotopic (exact) mass is 522 g/mol. The number of carbonyl (C=O) groups excluding carboxylic acids is 1. The third-order valence-corrected chi connectivity index (χ3v) is 6.69. The van der Waals surface area contributed by atoms with Crippen LogP contribution < -0.4 is 10.1 Å². The van der Waals surface area contributed by atoms with Gasteiger partial charge in [-0.25, -0.2) is 22.8 Å². The number of halogens is 3. The standard InChI is InChI=1S/C27H21F3N4O2S/c1-15-13-31-27(37-15)26(35)33-16(2)25(17-3-9-22(29)23(30)12-17)36-21-8-10-24-18(11-21)14-32-34(24)20-6-4-19(28)5-7-20/h3-14,16,25H,1-2H3,(H,33,35)/t16-,25+/m0/s1. The van der Waals surface area contributed by atoms with Gasteiger partial charge in [0.2, 0.25) is 0 Å². The molecule has 0 fully saturated rings. The molecule has 1 N–H and O–H groups in total. The normalized spacial score (nSPS) is 12.9. The lowest BCUT2D eigenvalue weighted by molar-refractivity contribution is 0.0881. The van der Waals surface area contributed by atoms with Gasteiger partial charge in [-0.05, 0) is 74.0 Å². The van der Waals surface area contributed by atoms with Gasteiger partial charge in [-0.3, -0.25) is 4.79 Å². The SMILES string of the molecule is Cc1cnc(C(=O)N[C@@H](C)[C@@H](Oc2ccc3c(cnn3-c3ccc(F)cc3)c2)c2ccc(F)c(F)c2)s1. The van der Waals surface area contributed by atoms with E-state index in [1.54, 1.807) is 54.3 Å². The number of hydrogen-bond donors (Lipinski definition) is 1. The van der Waals surface area contributed by atoms with E-state index in [0.717, 1.165) is 27.9 Å². The molecule has 2 atom stereocenters. The summed E-state index contributed by atoms with van der Waals surface area (Å²) >= 11 is 1.25. The van der Waals surface area contributed by atoms with Crippen molar-refractivity contribution >= 4 is 28.1 Å². The zero-order valence-electron chi connectivity index (χ0n) is 19.8. The van der Waals surface area contributed by atoms with E-state index >= 15 is 0 Å². The number of fused-ring (bicyclic) bond motifs is 1. The molecule has 5 rings (SSSR count). The van der Waals surface area contributed by atoms with Crippen molar-refractivity contribution in [3.63, 3.8) is 0 Å². The number of hydrogen-bond acceptors (Lipinski definition) is 5. The minimum absolute atomic E-state index is 0.294. The predicted octanol–water partition coefficient (Wildman–Crippen LogP) is 6.15. The van der Waals surface area contributed by atoms with Gasteiger partial charge < -0.3 is 10.1 Å². The number of rotatable bonds is 7. The van der Waals surface area contributed by atoms with Crippen molar-refractivity contribution in [3.05, 3.63) is 106 Å². The highest BCUT2D eigenvalue weighted by Gasteiger charge is 2.26. The van der Waals surface area contributed by atoms with E-state index in [0.29, 0.717) is 22.0 Å². The Hall–Kier alpha value is -4.18. The fraction of sp³-hybridized carbons (Fsp3) is 0.148. The van der Waals surface area contributed by atoms with Crippen LogP contribution >= 0.6 is 11.3 Å². The minimum atomic E-state index is -1.02. The first-order valence-electron chi connectivity index (χ1n) is 11.4. The molecule has 37 heavy (non-hydrogen) atoms. The molecule has 0 aliphatic rings. The van der Waals surface area contributed by atoms with Crippen LogP contribution in [0.15, 0.2) is 73.1 Å². The molecule has 188 valence electrons. The maximum absolute atomic E-state index is 14.1. The van der Waals surface area contributed by atoms with Crippen LogP contribution in [0.5, 0.6) is 5.75 Å². The second-order valence-electron chi connectivity index (χ2n) is 8.50. The number of ether oxygens (including phenoxy) is 1. The van der Waals surface area contributed by atoms with Crippen molar-refractivity contribution in [3.8, 4) is 11.4 Å². The summed E-state index contributed by atoms with van der Waals surface area (Å²) in [6.07, 6.45) is 2.41. The van der Waals surface area contributed by atoms with Crippen LogP contribution in [0.2, 0.25) is 0 Å². The van der Waals surface area contributed by atoms with Gasteiger partial charge in [-0.15, -0.1) is 11.3 Å². The van der Waals surface area contributed by atoms with Crippen molar-refractivity contribution in [2.45, 2.75) is 26.0 Å².